The molecule has 1 aliphatic rings. The predicted octanol–water partition coefficient (Wildman–Crippen LogP) is 2.06. The molecule has 0 unspecified atom stereocenters. The van der Waals surface area contributed by atoms with Crippen LogP contribution in [-0.2, 0) is 7.05 Å². The van der Waals surface area contributed by atoms with Crippen molar-refractivity contribution < 1.29 is 4.57 Å². The molecule has 0 spiro atoms. The Morgan fingerprint density at radius 2 is 1.83 bits per heavy atom. The molecule has 0 radical (unpaired) electrons. The summed E-state index contributed by atoms with van der Waals surface area (Å²) in [5.74, 6) is 0. The van der Waals surface area contributed by atoms with Gasteiger partial charge in [-0.05, 0) is 0 Å². The van der Waals surface area contributed by atoms with Crippen LogP contribution in [0.15, 0.2) is 64.4 Å². The van der Waals surface area contributed by atoms with Crippen LogP contribution in [0.3, 0.4) is 0 Å². The number of nitrogens with zero attached hydrogens (tertiary/aromatic N) is 2. The van der Waals surface area contributed by atoms with Crippen LogP contribution in [-0.4, -0.2) is 48.4 Å². The van der Waals surface area contributed by atoms with Crippen molar-refractivity contribution >= 4 is 65.6 Å². The summed E-state index contributed by atoms with van der Waals surface area (Å²) in [4.78, 5) is 2.36. The molecular weight excluding hydrogens is 511 g/mol. The Kier molecular flexibility index (Phi) is 4.35. The molecule has 2 heterocycles. The summed E-state index contributed by atoms with van der Waals surface area (Å²) in [5, 5.41) is 0. The van der Waals surface area contributed by atoms with E-state index < -0.39 is 0 Å². The van der Waals surface area contributed by atoms with Gasteiger partial charge < -0.3 is 0 Å². The van der Waals surface area contributed by atoms with Gasteiger partial charge in [-0.15, -0.1) is 0 Å². The van der Waals surface area contributed by atoms with E-state index in [2.05, 4.69) is 90.3 Å². The van der Waals surface area contributed by atoms with Crippen LogP contribution in [0.5, 0.6) is 0 Å². The van der Waals surface area contributed by atoms with Crippen LogP contribution >= 0.6 is 0 Å². The van der Waals surface area contributed by atoms with Crippen LogP contribution in [0.2, 0.25) is 0 Å². The molecule has 1 aromatic heterocycles. The van der Waals surface area contributed by atoms with E-state index in [-0.39, 0.29) is 41.4 Å². The van der Waals surface area contributed by atoms with Crippen LogP contribution < -0.4 is 13.1 Å². The van der Waals surface area contributed by atoms with E-state index >= 15 is 0 Å². The summed E-state index contributed by atoms with van der Waals surface area (Å²) in [6.45, 7) is 0. The Balaban J connectivity index is 1.61. The Morgan fingerprint density at radius 1 is 1.04 bits per heavy atom. The molecule has 0 saturated carbocycles. The third kappa shape index (κ3) is 2.90. The molecule has 23 heavy (non-hydrogen) atoms. The first-order chi connectivity index (χ1) is 11.2. The SMILES string of the molecule is CN1/C(=C/C=C/c2[te]c3ccccc3[n+]2C)[Te]c2ccccc21. The van der Waals surface area contributed by atoms with Crippen molar-refractivity contribution in [3.63, 3.8) is 0 Å². The van der Waals surface area contributed by atoms with Crippen molar-refractivity contribution in [2.45, 2.75) is 0 Å². The minimum absolute atomic E-state index is 0.239. The number of fused-ring (bicyclic) bond motifs is 2. The molecule has 0 N–H and O–H groups in total. The first kappa shape index (κ1) is 15.5. The molecule has 3 aromatic rings. The number of benzene rings is 2. The number of anilines is 1. The van der Waals surface area contributed by atoms with Gasteiger partial charge in [0.25, 0.3) is 0 Å². The van der Waals surface area contributed by atoms with Gasteiger partial charge in [0.1, 0.15) is 0 Å². The van der Waals surface area contributed by atoms with Crippen LogP contribution in [0, 0.1) is 0 Å². The number of aromatic nitrogens is 1. The second-order valence-corrected chi connectivity index (χ2v) is 11.5. The predicted molar refractivity (Wildman–Crippen MR) is 99.4 cm³/mol. The van der Waals surface area contributed by atoms with Gasteiger partial charge in [-0.3, -0.25) is 0 Å². The molecular formula is C19H17N2Te2+. The van der Waals surface area contributed by atoms with Crippen molar-refractivity contribution in [3.8, 4) is 0 Å². The van der Waals surface area contributed by atoms with Gasteiger partial charge in [0.2, 0.25) is 0 Å². The maximum absolute atomic E-state index is 2.36. The standard InChI is InChI=1S/C19H17N2Te2/c1-20-14-8-3-5-10-16(14)22-18(20)12-7-13-19-21(2)15-9-4-6-11-17(15)23-19/h3-13H,1-2H3/q+1. The van der Waals surface area contributed by atoms with Crippen molar-refractivity contribution in [1.29, 1.82) is 0 Å². The fourth-order valence-corrected chi connectivity index (χ4v) is 8.82. The number of aryl methyl sites for hydroxylation is 1. The van der Waals surface area contributed by atoms with Crippen molar-refractivity contribution in [3.05, 3.63) is 68.1 Å². The zero-order valence-corrected chi connectivity index (χ0v) is 17.7. The molecule has 2 nitrogen and oxygen atoms in total. The number of hydrogen-bond acceptors (Lipinski definition) is 1. The summed E-state index contributed by atoms with van der Waals surface area (Å²) in [5.41, 5.74) is 2.78. The van der Waals surface area contributed by atoms with Crippen LogP contribution in [0.25, 0.3) is 15.0 Å². The minimum atomic E-state index is -0.239. The Morgan fingerprint density at radius 3 is 2.65 bits per heavy atom. The van der Waals surface area contributed by atoms with E-state index in [9.17, 15) is 0 Å². The number of allylic oxidation sites excluding steroid dienone is 2. The summed E-state index contributed by atoms with van der Waals surface area (Å²) in [6.07, 6.45) is 6.89. The van der Waals surface area contributed by atoms with E-state index in [1.54, 1.807) is 7.01 Å². The third-order valence-corrected chi connectivity index (χ3v) is 10.8. The molecule has 0 amide bonds. The van der Waals surface area contributed by atoms with Gasteiger partial charge in [-0.2, -0.15) is 0 Å². The third-order valence-electron chi connectivity index (χ3n) is 4.02. The quantitative estimate of drug-likeness (QED) is 0.365. The van der Waals surface area contributed by atoms with Crippen LogP contribution in [0.1, 0.15) is 3.71 Å². The van der Waals surface area contributed by atoms with E-state index in [1.165, 1.54) is 18.7 Å². The molecule has 0 fully saturated rings. The molecule has 0 bridgehead atoms. The van der Waals surface area contributed by atoms with Crippen molar-refractivity contribution in [2.24, 2.45) is 7.05 Å². The van der Waals surface area contributed by atoms with Crippen molar-refractivity contribution in [2.75, 3.05) is 11.9 Å². The molecule has 0 saturated heterocycles. The van der Waals surface area contributed by atoms with Gasteiger partial charge in [-0.1, -0.05) is 0 Å². The first-order valence-electron chi connectivity index (χ1n) is 7.50. The average molecular weight is 529 g/mol. The van der Waals surface area contributed by atoms with Gasteiger partial charge in [0.05, 0.1) is 0 Å². The molecule has 0 aliphatic carbocycles. The Bertz CT molecular complexity index is 937. The zero-order chi connectivity index (χ0) is 15.8. The van der Waals surface area contributed by atoms with Gasteiger partial charge in [-0.25, -0.2) is 0 Å². The first-order valence-corrected chi connectivity index (χ1v) is 12.2. The van der Waals surface area contributed by atoms with Crippen molar-refractivity contribution in [1.82, 2.24) is 0 Å². The Labute approximate surface area is 156 Å². The van der Waals surface area contributed by atoms with Crippen LogP contribution in [0.4, 0.5) is 5.69 Å². The molecule has 1 aliphatic heterocycles. The van der Waals surface area contributed by atoms with Gasteiger partial charge >= 0.3 is 157 Å². The monoisotopic (exact) mass is 533 g/mol. The fourth-order valence-electron chi connectivity index (χ4n) is 2.75. The summed E-state index contributed by atoms with van der Waals surface area (Å²) >= 11 is -0.478. The summed E-state index contributed by atoms with van der Waals surface area (Å²) in [6, 6.07) is 17.6. The Hall–Kier alpha value is -1.03. The van der Waals surface area contributed by atoms with E-state index in [0.717, 1.165) is 0 Å². The number of para-hydroxylation sites is 2. The second kappa shape index (κ2) is 6.46. The number of hydrogen-bond donors (Lipinski definition) is 0. The molecule has 4 rings (SSSR count). The van der Waals surface area contributed by atoms with E-state index in [0.29, 0.717) is 0 Å². The van der Waals surface area contributed by atoms with Gasteiger partial charge in [0.15, 0.2) is 0 Å². The molecule has 2 aromatic carbocycles. The summed E-state index contributed by atoms with van der Waals surface area (Å²) < 4.78 is 8.44. The normalized spacial score (nSPS) is 15.9. The molecule has 0 atom stereocenters. The molecule has 4 heteroatoms. The average Bonchev–Trinajstić information content (AvgIpc) is 3.07. The molecule has 114 valence electrons. The topological polar surface area (TPSA) is 7.12 Å². The van der Waals surface area contributed by atoms with E-state index in [1.807, 2.05) is 0 Å². The summed E-state index contributed by atoms with van der Waals surface area (Å²) in [7, 11) is 4.38. The van der Waals surface area contributed by atoms with E-state index in [4.69, 9.17) is 0 Å². The maximum atomic E-state index is 2.36. The zero-order valence-electron chi connectivity index (χ0n) is 13.1. The second-order valence-electron chi connectivity index (χ2n) is 5.46. The van der Waals surface area contributed by atoms with Gasteiger partial charge in [0, 0.05) is 0 Å². The number of rotatable bonds is 2. The fraction of sp³-hybridized carbons (Fsp3) is 0.105.